The third kappa shape index (κ3) is 2.46. The summed E-state index contributed by atoms with van der Waals surface area (Å²) in [5.41, 5.74) is 8.57. The lowest BCUT2D eigenvalue weighted by Gasteiger charge is -2.09. The van der Waals surface area contributed by atoms with Crippen molar-refractivity contribution in [1.82, 2.24) is 9.78 Å². The lowest BCUT2D eigenvalue weighted by atomic mass is 10.2. The molecule has 1 aromatic heterocycles. The summed E-state index contributed by atoms with van der Waals surface area (Å²) in [7, 11) is 0. The lowest BCUT2D eigenvalue weighted by molar-refractivity contribution is 0.663. The van der Waals surface area contributed by atoms with E-state index in [4.69, 9.17) is 28.9 Å². The molecule has 5 heteroatoms. The molecule has 0 saturated heterocycles. The van der Waals surface area contributed by atoms with E-state index in [2.05, 4.69) is 5.10 Å². The Kier molecular flexibility index (Phi) is 3.72. The van der Waals surface area contributed by atoms with Crippen molar-refractivity contribution in [2.24, 2.45) is 5.73 Å². The van der Waals surface area contributed by atoms with Gasteiger partial charge >= 0.3 is 0 Å². The summed E-state index contributed by atoms with van der Waals surface area (Å²) in [5, 5.41) is 5.59. The maximum atomic E-state index is 6.12. The van der Waals surface area contributed by atoms with Crippen molar-refractivity contribution in [2.45, 2.75) is 20.0 Å². The van der Waals surface area contributed by atoms with Crippen LogP contribution in [0.15, 0.2) is 24.4 Å². The summed E-state index contributed by atoms with van der Waals surface area (Å²) >= 11 is 12.2. The number of benzene rings is 1. The van der Waals surface area contributed by atoms with Crippen LogP contribution in [0.25, 0.3) is 0 Å². The Morgan fingerprint density at radius 1 is 1.29 bits per heavy atom. The normalized spacial score (nSPS) is 10.8. The smallest absolute Gasteiger partial charge is 0.0691 e. The molecular formula is C12H13Cl2N3. The molecule has 17 heavy (non-hydrogen) atoms. The van der Waals surface area contributed by atoms with Crippen molar-refractivity contribution in [2.75, 3.05) is 0 Å². The van der Waals surface area contributed by atoms with Crippen LogP contribution in [0.2, 0.25) is 10.0 Å². The first-order valence-corrected chi connectivity index (χ1v) is 6.03. The van der Waals surface area contributed by atoms with Crippen LogP contribution >= 0.6 is 23.2 Å². The average molecular weight is 270 g/mol. The highest BCUT2D eigenvalue weighted by Crippen LogP contribution is 2.25. The van der Waals surface area contributed by atoms with Gasteiger partial charge in [0, 0.05) is 33.4 Å². The fraction of sp³-hybridized carbons (Fsp3) is 0.250. The van der Waals surface area contributed by atoms with Crippen molar-refractivity contribution in [1.29, 1.82) is 0 Å². The first-order valence-electron chi connectivity index (χ1n) is 5.27. The second-order valence-electron chi connectivity index (χ2n) is 3.82. The Hall–Kier alpha value is -1.03. The average Bonchev–Trinajstić information content (AvgIpc) is 2.65. The molecule has 0 aliphatic rings. The number of hydrogen-bond acceptors (Lipinski definition) is 2. The molecule has 0 fully saturated rings. The van der Waals surface area contributed by atoms with Gasteiger partial charge in [-0.1, -0.05) is 29.3 Å². The zero-order valence-electron chi connectivity index (χ0n) is 9.45. The minimum absolute atomic E-state index is 0.488. The highest BCUT2D eigenvalue weighted by atomic mass is 35.5. The van der Waals surface area contributed by atoms with E-state index in [1.54, 1.807) is 6.20 Å². The van der Waals surface area contributed by atoms with Crippen molar-refractivity contribution >= 4 is 23.2 Å². The topological polar surface area (TPSA) is 43.8 Å². The van der Waals surface area contributed by atoms with Crippen molar-refractivity contribution in [3.63, 3.8) is 0 Å². The van der Waals surface area contributed by atoms with E-state index in [1.807, 2.05) is 29.8 Å². The number of nitrogens with two attached hydrogens (primary N) is 1. The summed E-state index contributed by atoms with van der Waals surface area (Å²) < 4.78 is 1.86. The van der Waals surface area contributed by atoms with Gasteiger partial charge < -0.3 is 5.73 Å². The van der Waals surface area contributed by atoms with E-state index in [0.717, 1.165) is 16.8 Å². The molecule has 0 radical (unpaired) electrons. The Balaban J connectivity index is 2.35. The number of halogens is 2. The number of hydrogen-bond donors (Lipinski definition) is 1. The molecule has 0 unspecified atom stereocenters. The van der Waals surface area contributed by atoms with Gasteiger partial charge in [0.1, 0.15) is 0 Å². The Labute approximate surface area is 110 Å². The summed E-state index contributed by atoms with van der Waals surface area (Å²) in [5.74, 6) is 0. The predicted octanol–water partition coefficient (Wildman–Crippen LogP) is 3.01. The van der Waals surface area contributed by atoms with Gasteiger partial charge in [-0.15, -0.1) is 0 Å². The molecule has 0 atom stereocenters. The fourth-order valence-corrected chi connectivity index (χ4v) is 2.20. The van der Waals surface area contributed by atoms with E-state index in [9.17, 15) is 0 Å². The second-order valence-corrected chi connectivity index (χ2v) is 4.63. The summed E-state index contributed by atoms with van der Waals surface area (Å²) in [4.78, 5) is 0. The predicted molar refractivity (Wildman–Crippen MR) is 70.4 cm³/mol. The van der Waals surface area contributed by atoms with Crippen molar-refractivity contribution < 1.29 is 0 Å². The van der Waals surface area contributed by atoms with Gasteiger partial charge in [-0.25, -0.2) is 0 Å². The summed E-state index contributed by atoms with van der Waals surface area (Å²) in [6.45, 7) is 3.03. The van der Waals surface area contributed by atoms with Crippen LogP contribution in [0.4, 0.5) is 0 Å². The quantitative estimate of drug-likeness (QED) is 0.931. The summed E-state index contributed by atoms with van der Waals surface area (Å²) in [6, 6.07) is 5.48. The van der Waals surface area contributed by atoms with Crippen LogP contribution in [0.5, 0.6) is 0 Å². The van der Waals surface area contributed by atoms with Gasteiger partial charge in [-0.05, 0) is 19.1 Å². The Morgan fingerprint density at radius 2 is 1.94 bits per heavy atom. The molecule has 0 bridgehead atoms. The zero-order valence-corrected chi connectivity index (χ0v) is 11.0. The van der Waals surface area contributed by atoms with Gasteiger partial charge in [-0.3, -0.25) is 4.68 Å². The highest BCUT2D eigenvalue weighted by Gasteiger charge is 2.10. The number of aromatic nitrogens is 2. The Morgan fingerprint density at radius 3 is 2.47 bits per heavy atom. The van der Waals surface area contributed by atoms with Crippen LogP contribution in [-0.2, 0) is 13.1 Å². The third-order valence-corrected chi connectivity index (χ3v) is 3.50. The molecule has 0 amide bonds. The van der Waals surface area contributed by atoms with Crippen molar-refractivity contribution in [3.8, 4) is 0 Å². The maximum Gasteiger partial charge on any atom is 0.0691 e. The largest absolute Gasteiger partial charge is 0.326 e. The SMILES string of the molecule is Cc1c(CN)cnn1Cc1c(Cl)cccc1Cl. The zero-order chi connectivity index (χ0) is 12.4. The summed E-state index contributed by atoms with van der Waals surface area (Å²) in [6.07, 6.45) is 1.78. The van der Waals surface area contributed by atoms with Gasteiger partial charge in [0.25, 0.3) is 0 Å². The molecule has 0 aliphatic heterocycles. The molecule has 1 aromatic carbocycles. The molecule has 0 spiro atoms. The van der Waals surface area contributed by atoms with Crippen LogP contribution in [0.1, 0.15) is 16.8 Å². The van der Waals surface area contributed by atoms with Crippen LogP contribution in [0, 0.1) is 6.92 Å². The molecule has 0 saturated carbocycles. The van der Waals surface area contributed by atoms with Crippen LogP contribution in [0.3, 0.4) is 0 Å². The van der Waals surface area contributed by atoms with Gasteiger partial charge in [-0.2, -0.15) is 5.10 Å². The Bertz CT molecular complexity index is 514. The van der Waals surface area contributed by atoms with Gasteiger partial charge in [0.2, 0.25) is 0 Å². The molecule has 90 valence electrons. The third-order valence-electron chi connectivity index (χ3n) is 2.79. The standard InChI is InChI=1S/C12H13Cl2N3/c1-8-9(5-15)6-16-17(8)7-10-11(13)3-2-4-12(10)14/h2-4,6H,5,7,15H2,1H3. The number of rotatable bonds is 3. The lowest BCUT2D eigenvalue weighted by Crippen LogP contribution is -2.06. The van der Waals surface area contributed by atoms with Crippen LogP contribution in [-0.4, -0.2) is 9.78 Å². The van der Waals surface area contributed by atoms with Crippen LogP contribution < -0.4 is 5.73 Å². The van der Waals surface area contributed by atoms with Crippen molar-refractivity contribution in [3.05, 3.63) is 51.3 Å². The molecular weight excluding hydrogens is 257 g/mol. The molecule has 2 aromatic rings. The first-order chi connectivity index (χ1) is 8.13. The van der Waals surface area contributed by atoms with E-state index in [1.165, 1.54) is 0 Å². The highest BCUT2D eigenvalue weighted by molar-refractivity contribution is 6.35. The maximum absolute atomic E-state index is 6.12. The van der Waals surface area contributed by atoms with Gasteiger partial charge in [0.05, 0.1) is 12.7 Å². The molecule has 2 rings (SSSR count). The molecule has 2 N–H and O–H groups in total. The van der Waals surface area contributed by atoms with Gasteiger partial charge in [0.15, 0.2) is 0 Å². The van der Waals surface area contributed by atoms with E-state index in [-0.39, 0.29) is 0 Å². The van der Waals surface area contributed by atoms with E-state index in [0.29, 0.717) is 23.1 Å². The van der Waals surface area contributed by atoms with E-state index < -0.39 is 0 Å². The fourth-order valence-electron chi connectivity index (χ4n) is 1.68. The van der Waals surface area contributed by atoms with E-state index >= 15 is 0 Å². The molecule has 0 aliphatic carbocycles. The minimum Gasteiger partial charge on any atom is -0.326 e. The second kappa shape index (κ2) is 5.08. The monoisotopic (exact) mass is 269 g/mol. The first kappa shape index (κ1) is 12.4. The minimum atomic E-state index is 0.488. The number of nitrogens with zero attached hydrogens (tertiary/aromatic N) is 2. The molecule has 1 heterocycles. The molecule has 3 nitrogen and oxygen atoms in total.